The molecule has 27 heavy (non-hydrogen) atoms. The standard InChI is InChI=1S/C22H29N5/c1-3-7-19(8-4-1)11-13-23-21-12-14-24-22(25-21)27-17-15-26(16-18-27)20-9-5-2-6-10-20/h2,5-7,9-10,12,14H,1,3-4,8,11,13,15-18H2,(H,23,24,25). The largest absolute Gasteiger partial charge is 0.370 e. The van der Waals surface area contributed by atoms with Gasteiger partial charge in [-0.2, -0.15) is 4.98 Å². The molecule has 0 atom stereocenters. The molecule has 0 unspecified atom stereocenters. The third-order valence-corrected chi connectivity index (χ3v) is 5.46. The summed E-state index contributed by atoms with van der Waals surface area (Å²) in [6.07, 6.45) is 10.6. The number of anilines is 3. The second-order valence-electron chi connectivity index (χ2n) is 7.34. The van der Waals surface area contributed by atoms with Crippen LogP contribution in [0.5, 0.6) is 0 Å². The third-order valence-electron chi connectivity index (χ3n) is 5.46. The summed E-state index contributed by atoms with van der Waals surface area (Å²) in [5.74, 6) is 1.77. The number of benzene rings is 1. The highest BCUT2D eigenvalue weighted by molar-refractivity contribution is 5.49. The van der Waals surface area contributed by atoms with Crippen LogP contribution in [0.3, 0.4) is 0 Å². The lowest BCUT2D eigenvalue weighted by molar-refractivity contribution is 0.640. The van der Waals surface area contributed by atoms with Crippen molar-refractivity contribution in [2.45, 2.75) is 32.1 Å². The van der Waals surface area contributed by atoms with E-state index >= 15 is 0 Å². The van der Waals surface area contributed by atoms with E-state index in [0.717, 1.165) is 50.9 Å². The van der Waals surface area contributed by atoms with Gasteiger partial charge in [-0.1, -0.05) is 29.8 Å². The van der Waals surface area contributed by atoms with E-state index in [1.807, 2.05) is 12.3 Å². The fraction of sp³-hybridized carbons (Fsp3) is 0.455. The number of piperazine rings is 1. The van der Waals surface area contributed by atoms with Gasteiger partial charge in [0.05, 0.1) is 0 Å². The van der Waals surface area contributed by atoms with E-state index < -0.39 is 0 Å². The van der Waals surface area contributed by atoms with Crippen molar-refractivity contribution in [1.82, 2.24) is 9.97 Å². The van der Waals surface area contributed by atoms with E-state index in [9.17, 15) is 0 Å². The molecular formula is C22H29N5. The van der Waals surface area contributed by atoms with Crippen LogP contribution < -0.4 is 15.1 Å². The van der Waals surface area contributed by atoms with Gasteiger partial charge < -0.3 is 15.1 Å². The number of nitrogens with one attached hydrogen (secondary N) is 1. The van der Waals surface area contributed by atoms with Crippen LogP contribution in [-0.4, -0.2) is 42.7 Å². The second kappa shape index (κ2) is 8.89. The van der Waals surface area contributed by atoms with E-state index in [1.165, 1.54) is 31.4 Å². The molecule has 2 heterocycles. The molecule has 1 aliphatic heterocycles. The van der Waals surface area contributed by atoms with E-state index in [-0.39, 0.29) is 0 Å². The highest BCUT2D eigenvalue weighted by Crippen LogP contribution is 2.21. The average Bonchev–Trinajstić information content (AvgIpc) is 2.76. The summed E-state index contributed by atoms with van der Waals surface area (Å²) in [6.45, 7) is 4.85. The minimum absolute atomic E-state index is 0.838. The normalized spacial score (nSPS) is 17.6. The number of allylic oxidation sites excluding steroid dienone is 1. The molecule has 0 bridgehead atoms. The summed E-state index contributed by atoms with van der Waals surface area (Å²) >= 11 is 0. The maximum atomic E-state index is 4.74. The predicted octanol–water partition coefficient (Wildman–Crippen LogP) is 4.11. The van der Waals surface area contributed by atoms with E-state index in [0.29, 0.717) is 0 Å². The Balaban J connectivity index is 1.29. The van der Waals surface area contributed by atoms with Crippen LogP contribution in [0.1, 0.15) is 32.1 Å². The summed E-state index contributed by atoms with van der Waals surface area (Å²) < 4.78 is 0. The summed E-state index contributed by atoms with van der Waals surface area (Å²) in [6, 6.07) is 12.6. The summed E-state index contributed by atoms with van der Waals surface area (Å²) in [4.78, 5) is 14.0. The number of hydrogen-bond donors (Lipinski definition) is 1. The molecule has 4 rings (SSSR count). The summed E-state index contributed by atoms with van der Waals surface area (Å²) in [7, 11) is 0. The molecule has 1 aromatic heterocycles. The molecule has 2 aliphatic rings. The first kappa shape index (κ1) is 17.8. The fourth-order valence-corrected chi connectivity index (χ4v) is 3.89. The maximum absolute atomic E-state index is 4.74. The molecule has 5 heteroatoms. The van der Waals surface area contributed by atoms with Gasteiger partial charge >= 0.3 is 0 Å². The average molecular weight is 364 g/mol. The third kappa shape index (κ3) is 4.79. The monoisotopic (exact) mass is 363 g/mol. The van der Waals surface area contributed by atoms with Gasteiger partial charge in [0.2, 0.25) is 5.95 Å². The van der Waals surface area contributed by atoms with Gasteiger partial charge in [-0.05, 0) is 50.3 Å². The van der Waals surface area contributed by atoms with Crippen molar-refractivity contribution in [3.63, 3.8) is 0 Å². The summed E-state index contributed by atoms with van der Waals surface area (Å²) in [5, 5.41) is 3.48. The second-order valence-corrected chi connectivity index (χ2v) is 7.34. The molecule has 0 radical (unpaired) electrons. The fourth-order valence-electron chi connectivity index (χ4n) is 3.89. The van der Waals surface area contributed by atoms with Gasteiger partial charge in [0.1, 0.15) is 5.82 Å². The number of para-hydroxylation sites is 1. The molecule has 142 valence electrons. The molecular weight excluding hydrogens is 334 g/mol. The van der Waals surface area contributed by atoms with Gasteiger partial charge in [0.15, 0.2) is 0 Å². The molecule has 0 spiro atoms. The first-order valence-electron chi connectivity index (χ1n) is 10.2. The van der Waals surface area contributed by atoms with Crippen LogP contribution in [0.2, 0.25) is 0 Å². The van der Waals surface area contributed by atoms with Crippen molar-refractivity contribution in [1.29, 1.82) is 0 Å². The van der Waals surface area contributed by atoms with E-state index in [4.69, 9.17) is 4.98 Å². The molecule has 1 aromatic carbocycles. The van der Waals surface area contributed by atoms with Crippen LogP contribution in [0.25, 0.3) is 0 Å². The topological polar surface area (TPSA) is 44.3 Å². The van der Waals surface area contributed by atoms with Crippen molar-refractivity contribution < 1.29 is 0 Å². The van der Waals surface area contributed by atoms with Gasteiger partial charge in [-0.3, -0.25) is 0 Å². The molecule has 1 aliphatic carbocycles. The molecule has 0 saturated carbocycles. The zero-order valence-electron chi connectivity index (χ0n) is 16.0. The van der Waals surface area contributed by atoms with Crippen molar-refractivity contribution in [2.75, 3.05) is 47.8 Å². The van der Waals surface area contributed by atoms with Crippen molar-refractivity contribution in [3.8, 4) is 0 Å². The Kier molecular flexibility index (Phi) is 5.87. The molecule has 1 N–H and O–H groups in total. The Morgan fingerprint density at radius 1 is 0.926 bits per heavy atom. The Labute approximate surface area is 162 Å². The molecule has 1 fully saturated rings. The minimum Gasteiger partial charge on any atom is -0.370 e. The molecule has 0 amide bonds. The van der Waals surface area contributed by atoms with Crippen LogP contribution >= 0.6 is 0 Å². The van der Waals surface area contributed by atoms with Crippen molar-refractivity contribution >= 4 is 17.5 Å². The van der Waals surface area contributed by atoms with Crippen LogP contribution in [-0.2, 0) is 0 Å². The van der Waals surface area contributed by atoms with Gasteiger partial charge in [-0.25, -0.2) is 4.98 Å². The Morgan fingerprint density at radius 3 is 2.52 bits per heavy atom. The van der Waals surface area contributed by atoms with Crippen LogP contribution in [0, 0.1) is 0 Å². The Hall–Kier alpha value is -2.56. The zero-order valence-corrected chi connectivity index (χ0v) is 16.0. The lowest BCUT2D eigenvalue weighted by Crippen LogP contribution is -2.47. The minimum atomic E-state index is 0.838. The summed E-state index contributed by atoms with van der Waals surface area (Å²) in [5.41, 5.74) is 2.89. The van der Waals surface area contributed by atoms with E-state index in [2.05, 4.69) is 56.5 Å². The lowest BCUT2D eigenvalue weighted by Gasteiger charge is -2.36. The highest BCUT2D eigenvalue weighted by atomic mass is 15.3. The first-order valence-corrected chi connectivity index (χ1v) is 10.2. The van der Waals surface area contributed by atoms with Gasteiger partial charge in [0, 0.05) is 44.6 Å². The molecule has 1 saturated heterocycles. The quantitative estimate of drug-likeness (QED) is 0.783. The van der Waals surface area contributed by atoms with Crippen LogP contribution in [0.15, 0.2) is 54.2 Å². The number of hydrogen-bond acceptors (Lipinski definition) is 5. The smallest absolute Gasteiger partial charge is 0.227 e. The van der Waals surface area contributed by atoms with Crippen LogP contribution in [0.4, 0.5) is 17.5 Å². The van der Waals surface area contributed by atoms with Crippen molar-refractivity contribution in [3.05, 3.63) is 54.2 Å². The number of aromatic nitrogens is 2. The number of rotatable bonds is 6. The lowest BCUT2D eigenvalue weighted by atomic mass is 9.97. The predicted molar refractivity (Wildman–Crippen MR) is 113 cm³/mol. The van der Waals surface area contributed by atoms with Gasteiger partial charge in [0.25, 0.3) is 0 Å². The van der Waals surface area contributed by atoms with E-state index in [1.54, 1.807) is 5.57 Å². The van der Waals surface area contributed by atoms with Gasteiger partial charge in [-0.15, -0.1) is 0 Å². The first-order chi connectivity index (χ1) is 13.4. The maximum Gasteiger partial charge on any atom is 0.227 e. The zero-order chi connectivity index (χ0) is 18.3. The molecule has 2 aromatic rings. The molecule has 5 nitrogen and oxygen atoms in total. The van der Waals surface area contributed by atoms with Crippen molar-refractivity contribution in [2.24, 2.45) is 0 Å². The Morgan fingerprint density at radius 2 is 1.74 bits per heavy atom. The highest BCUT2D eigenvalue weighted by Gasteiger charge is 2.19. The SMILES string of the molecule is C1=C(CCNc2ccnc(N3CCN(c4ccccc4)CC3)n2)CCCC1. The Bertz CT molecular complexity index is 750. The number of nitrogens with zero attached hydrogens (tertiary/aromatic N) is 4.